The molecule has 1 aliphatic heterocycles. The summed E-state index contributed by atoms with van der Waals surface area (Å²) in [4.78, 5) is 20.1. The van der Waals surface area contributed by atoms with Gasteiger partial charge >= 0.3 is 12.1 Å². The number of aliphatic carboxylic acids is 1. The maximum atomic E-state index is 10.6. The van der Waals surface area contributed by atoms with Gasteiger partial charge in [0.1, 0.15) is 0 Å². The molecular weight excluding hydrogens is 367 g/mol. The number of anilines is 1. The maximum Gasteiger partial charge on any atom is 0.490 e. The zero-order valence-electron chi connectivity index (χ0n) is 15.3. The van der Waals surface area contributed by atoms with Crippen LogP contribution in [0.1, 0.15) is 24.8 Å². The molecule has 27 heavy (non-hydrogen) atoms. The maximum absolute atomic E-state index is 10.6. The highest BCUT2D eigenvalue weighted by Gasteiger charge is 2.47. The third kappa shape index (κ3) is 5.52. The number of carbonyl (C=O) groups is 1. The van der Waals surface area contributed by atoms with Crippen molar-refractivity contribution in [1.82, 2.24) is 9.97 Å². The number of halogens is 3. The molecule has 0 unspecified atom stereocenters. The van der Waals surface area contributed by atoms with Crippen molar-refractivity contribution in [2.24, 2.45) is 5.92 Å². The Morgan fingerprint density at radius 1 is 1.44 bits per heavy atom. The van der Waals surface area contributed by atoms with Gasteiger partial charge in [-0.3, -0.25) is 0 Å². The summed E-state index contributed by atoms with van der Waals surface area (Å²) in [6.45, 7) is 5.28. The lowest BCUT2D eigenvalue weighted by Gasteiger charge is -2.44. The Morgan fingerprint density at radius 3 is 2.63 bits per heavy atom. The molecule has 2 heterocycles. The number of hydrogen-bond donors (Lipinski definition) is 1. The van der Waals surface area contributed by atoms with Crippen LogP contribution in [0.5, 0.6) is 0 Å². The smallest absolute Gasteiger partial charge is 0.475 e. The zero-order valence-corrected chi connectivity index (χ0v) is 15.3. The standard InChI is InChI=1S/C15H23N3O2.C2HF3O2/c1-12-8-16-14(17-9-12)18-6-7-20-15(11-18)5-3-4-13(15)10-19-2;3-2(4,5)1(6)7/h8-9,13H,3-7,10-11H2,1-2H3;(H,6,7)/t13-,15-;/m0./s1. The van der Waals surface area contributed by atoms with E-state index in [4.69, 9.17) is 19.4 Å². The van der Waals surface area contributed by atoms with Crippen molar-refractivity contribution >= 4 is 11.9 Å². The van der Waals surface area contributed by atoms with E-state index in [0.29, 0.717) is 5.92 Å². The highest BCUT2D eigenvalue weighted by Crippen LogP contribution is 2.41. The molecule has 2 aliphatic rings. The molecule has 7 nitrogen and oxygen atoms in total. The number of aromatic nitrogens is 2. The second-order valence-electron chi connectivity index (χ2n) is 6.74. The van der Waals surface area contributed by atoms with Crippen LogP contribution in [-0.4, -0.2) is 66.2 Å². The number of methoxy groups -OCH3 is 1. The highest BCUT2D eigenvalue weighted by molar-refractivity contribution is 5.73. The number of alkyl halides is 3. The van der Waals surface area contributed by atoms with Crippen LogP contribution in [0.2, 0.25) is 0 Å². The van der Waals surface area contributed by atoms with Crippen LogP contribution in [0, 0.1) is 12.8 Å². The molecule has 3 rings (SSSR count). The normalized spacial score (nSPS) is 25.2. The summed E-state index contributed by atoms with van der Waals surface area (Å²) in [5, 5.41) is 7.12. The number of nitrogens with zero attached hydrogens (tertiary/aromatic N) is 3. The van der Waals surface area contributed by atoms with Crippen molar-refractivity contribution in [2.45, 2.75) is 38.0 Å². The van der Waals surface area contributed by atoms with Gasteiger partial charge in [-0.25, -0.2) is 14.8 Å². The summed E-state index contributed by atoms with van der Waals surface area (Å²) in [6, 6.07) is 0. The zero-order chi connectivity index (χ0) is 20.1. The fourth-order valence-corrected chi connectivity index (χ4v) is 3.48. The molecule has 1 saturated carbocycles. The van der Waals surface area contributed by atoms with Crippen LogP contribution in [-0.2, 0) is 14.3 Å². The van der Waals surface area contributed by atoms with Gasteiger partial charge in [-0.1, -0.05) is 6.42 Å². The van der Waals surface area contributed by atoms with Crippen LogP contribution >= 0.6 is 0 Å². The van der Waals surface area contributed by atoms with Crippen LogP contribution < -0.4 is 4.90 Å². The number of carboxylic acids is 1. The molecule has 152 valence electrons. The minimum Gasteiger partial charge on any atom is -0.475 e. The van der Waals surface area contributed by atoms with Crippen molar-refractivity contribution < 1.29 is 32.5 Å². The third-order valence-corrected chi connectivity index (χ3v) is 4.77. The Balaban J connectivity index is 0.000000321. The van der Waals surface area contributed by atoms with Crippen LogP contribution in [0.4, 0.5) is 19.1 Å². The van der Waals surface area contributed by atoms with E-state index < -0.39 is 12.1 Å². The topological polar surface area (TPSA) is 84.8 Å². The molecule has 1 aromatic rings. The SMILES string of the molecule is COC[C@@H]1CCC[C@]12CN(c1ncc(C)cn1)CCO2.O=C(O)C(F)(F)F. The molecule has 0 radical (unpaired) electrons. The van der Waals surface area contributed by atoms with Crippen LogP contribution in [0.3, 0.4) is 0 Å². The number of rotatable bonds is 3. The van der Waals surface area contributed by atoms with Crippen molar-refractivity contribution in [3.05, 3.63) is 18.0 Å². The molecule has 1 spiro atoms. The lowest BCUT2D eigenvalue weighted by atomic mass is 9.89. The number of carboxylic acid groups (broad SMARTS) is 1. The first-order chi connectivity index (χ1) is 12.7. The fourth-order valence-electron chi connectivity index (χ4n) is 3.48. The largest absolute Gasteiger partial charge is 0.490 e. The molecule has 2 fully saturated rings. The van der Waals surface area contributed by atoms with E-state index in [-0.39, 0.29) is 5.60 Å². The Kier molecular flexibility index (Phi) is 6.99. The van der Waals surface area contributed by atoms with E-state index in [1.165, 1.54) is 12.8 Å². The van der Waals surface area contributed by atoms with Gasteiger partial charge in [0.2, 0.25) is 5.95 Å². The van der Waals surface area contributed by atoms with Crippen LogP contribution in [0.25, 0.3) is 0 Å². The summed E-state index contributed by atoms with van der Waals surface area (Å²) in [7, 11) is 1.77. The number of morpholine rings is 1. The van der Waals surface area contributed by atoms with Gasteiger partial charge in [-0.15, -0.1) is 0 Å². The summed E-state index contributed by atoms with van der Waals surface area (Å²) < 4.78 is 43.3. The predicted molar refractivity (Wildman–Crippen MR) is 90.6 cm³/mol. The van der Waals surface area contributed by atoms with Gasteiger partial charge < -0.3 is 19.5 Å². The van der Waals surface area contributed by atoms with E-state index in [1.54, 1.807) is 7.11 Å². The second kappa shape index (κ2) is 8.83. The van der Waals surface area contributed by atoms with Crippen molar-refractivity contribution in [3.63, 3.8) is 0 Å². The van der Waals surface area contributed by atoms with Gasteiger partial charge in [0.05, 0.1) is 25.4 Å². The third-order valence-electron chi connectivity index (χ3n) is 4.77. The minimum absolute atomic E-state index is 0.0670. The van der Waals surface area contributed by atoms with E-state index >= 15 is 0 Å². The van der Waals surface area contributed by atoms with Gasteiger partial charge in [0, 0.05) is 32.0 Å². The van der Waals surface area contributed by atoms with E-state index in [1.807, 2.05) is 19.3 Å². The summed E-state index contributed by atoms with van der Waals surface area (Å²) >= 11 is 0. The molecule has 0 aromatic carbocycles. The summed E-state index contributed by atoms with van der Waals surface area (Å²) in [5.41, 5.74) is 1.03. The van der Waals surface area contributed by atoms with Crippen LogP contribution in [0.15, 0.2) is 12.4 Å². The first-order valence-electron chi connectivity index (χ1n) is 8.64. The Hall–Kier alpha value is -1.94. The summed E-state index contributed by atoms with van der Waals surface area (Å²) in [5.74, 6) is -1.45. The lowest BCUT2D eigenvalue weighted by molar-refractivity contribution is -0.192. The number of hydrogen-bond acceptors (Lipinski definition) is 6. The number of ether oxygens (including phenoxy) is 2. The lowest BCUT2D eigenvalue weighted by Crippen LogP contribution is -2.55. The molecule has 1 aliphatic carbocycles. The first-order valence-corrected chi connectivity index (χ1v) is 8.64. The van der Waals surface area contributed by atoms with E-state index in [2.05, 4.69) is 14.9 Å². The van der Waals surface area contributed by atoms with Gasteiger partial charge in [-0.05, 0) is 25.3 Å². The van der Waals surface area contributed by atoms with Gasteiger partial charge in [-0.2, -0.15) is 13.2 Å². The van der Waals surface area contributed by atoms with Gasteiger partial charge in [0.25, 0.3) is 0 Å². The van der Waals surface area contributed by atoms with E-state index in [0.717, 1.165) is 44.2 Å². The molecule has 0 amide bonds. The average molecular weight is 391 g/mol. The van der Waals surface area contributed by atoms with Crippen molar-refractivity contribution in [1.29, 1.82) is 0 Å². The van der Waals surface area contributed by atoms with Gasteiger partial charge in [0.15, 0.2) is 0 Å². The van der Waals surface area contributed by atoms with E-state index in [9.17, 15) is 13.2 Å². The fraction of sp³-hybridized carbons (Fsp3) is 0.706. The minimum atomic E-state index is -5.08. The van der Waals surface area contributed by atoms with Crippen molar-refractivity contribution in [3.8, 4) is 0 Å². The molecule has 10 heteroatoms. The first kappa shape index (κ1) is 21.4. The molecule has 2 atom stereocenters. The Bertz CT molecular complexity index is 627. The molecule has 0 bridgehead atoms. The molecule has 1 saturated heterocycles. The Labute approximate surface area is 155 Å². The Morgan fingerprint density at radius 2 is 2.07 bits per heavy atom. The monoisotopic (exact) mass is 391 g/mol. The second-order valence-corrected chi connectivity index (χ2v) is 6.74. The summed E-state index contributed by atoms with van der Waals surface area (Å²) in [6.07, 6.45) is 2.20. The molecule has 1 N–H and O–H groups in total. The average Bonchev–Trinajstić information content (AvgIpc) is 2.97. The molecular formula is C17H24F3N3O4. The quantitative estimate of drug-likeness (QED) is 0.847. The van der Waals surface area contributed by atoms with Crippen molar-refractivity contribution in [2.75, 3.05) is 38.3 Å². The predicted octanol–water partition coefficient (Wildman–Crippen LogP) is 2.44. The molecule has 1 aromatic heterocycles. The highest BCUT2D eigenvalue weighted by atomic mass is 19.4. The number of aryl methyl sites for hydroxylation is 1.